The van der Waals surface area contributed by atoms with Crippen LogP contribution in [0.2, 0.25) is 0 Å². The molecule has 0 aliphatic heterocycles. The van der Waals surface area contributed by atoms with Gasteiger partial charge in [0, 0.05) is 43.8 Å². The van der Waals surface area contributed by atoms with Crippen LogP contribution in [0.25, 0.3) is 0 Å². The molecule has 15 heavy (non-hydrogen) atoms. The van der Waals surface area contributed by atoms with Crippen molar-refractivity contribution < 1.29 is 0 Å². The molecule has 2 heterocycles. The molecule has 0 unspecified atom stereocenters. The summed E-state index contributed by atoms with van der Waals surface area (Å²) >= 11 is 0. The van der Waals surface area contributed by atoms with Crippen LogP contribution in [0.15, 0.2) is 24.7 Å². The largest absolute Gasteiger partial charge is 0.367 e. The summed E-state index contributed by atoms with van der Waals surface area (Å²) in [4.78, 5) is 3.04. The first-order chi connectivity index (χ1) is 7.27. The fourth-order valence-electron chi connectivity index (χ4n) is 1.53. The zero-order valence-electron chi connectivity index (χ0n) is 9.12. The Morgan fingerprint density at radius 3 is 2.93 bits per heavy atom. The van der Waals surface area contributed by atoms with Crippen molar-refractivity contribution in [3.05, 3.63) is 41.5 Å². The first-order valence-electron chi connectivity index (χ1n) is 5.07. The van der Waals surface area contributed by atoms with Crippen LogP contribution < -0.4 is 5.32 Å². The number of nitrogens with one attached hydrogen (secondary N) is 2. The Kier molecular flexibility index (Phi) is 2.87. The van der Waals surface area contributed by atoms with E-state index in [2.05, 4.69) is 28.4 Å². The molecule has 0 amide bonds. The highest BCUT2D eigenvalue weighted by Gasteiger charge is 2.02. The molecule has 0 aromatic carbocycles. The van der Waals surface area contributed by atoms with E-state index in [1.54, 1.807) is 0 Å². The molecule has 2 rings (SSSR count). The highest BCUT2D eigenvalue weighted by molar-refractivity contribution is 5.16. The summed E-state index contributed by atoms with van der Waals surface area (Å²) in [5.41, 5.74) is 3.75. The molecule has 0 saturated heterocycles. The number of aromatic amines is 1. The van der Waals surface area contributed by atoms with Crippen molar-refractivity contribution >= 4 is 0 Å². The molecule has 4 nitrogen and oxygen atoms in total. The summed E-state index contributed by atoms with van der Waals surface area (Å²) in [5.74, 6) is 0. The minimum Gasteiger partial charge on any atom is -0.367 e. The molecule has 2 aromatic heterocycles. The van der Waals surface area contributed by atoms with Crippen molar-refractivity contribution in [1.82, 2.24) is 20.1 Å². The molecule has 2 N–H and O–H groups in total. The number of nitrogens with zero attached hydrogens (tertiary/aromatic N) is 2. The van der Waals surface area contributed by atoms with Gasteiger partial charge in [-0.3, -0.25) is 4.68 Å². The van der Waals surface area contributed by atoms with Gasteiger partial charge < -0.3 is 10.3 Å². The number of H-pyrrole nitrogens is 1. The monoisotopic (exact) mass is 204 g/mol. The Bertz CT molecular complexity index is 414. The smallest absolute Gasteiger partial charge is 0.0537 e. The maximum Gasteiger partial charge on any atom is 0.0537 e. The Hall–Kier alpha value is -1.55. The number of hydrogen-bond donors (Lipinski definition) is 2. The van der Waals surface area contributed by atoms with Gasteiger partial charge in [-0.2, -0.15) is 5.10 Å². The number of rotatable bonds is 4. The van der Waals surface area contributed by atoms with Gasteiger partial charge in [-0.1, -0.05) is 0 Å². The summed E-state index contributed by atoms with van der Waals surface area (Å²) in [7, 11) is 1.96. The van der Waals surface area contributed by atoms with Crippen LogP contribution in [0.4, 0.5) is 0 Å². The summed E-state index contributed by atoms with van der Waals surface area (Å²) in [6, 6.07) is 2.07. The number of aryl methyl sites for hydroxylation is 1. The van der Waals surface area contributed by atoms with Crippen molar-refractivity contribution in [2.24, 2.45) is 7.05 Å². The van der Waals surface area contributed by atoms with E-state index >= 15 is 0 Å². The van der Waals surface area contributed by atoms with E-state index in [9.17, 15) is 0 Å². The van der Waals surface area contributed by atoms with Gasteiger partial charge in [-0.05, 0) is 18.6 Å². The van der Waals surface area contributed by atoms with E-state index < -0.39 is 0 Å². The molecule has 0 bridgehead atoms. The third-order valence-electron chi connectivity index (χ3n) is 2.64. The van der Waals surface area contributed by atoms with Gasteiger partial charge in [0.2, 0.25) is 0 Å². The molecule has 0 aliphatic rings. The molecule has 0 saturated carbocycles. The first-order valence-corrected chi connectivity index (χ1v) is 5.07. The Morgan fingerprint density at radius 2 is 2.33 bits per heavy atom. The summed E-state index contributed by atoms with van der Waals surface area (Å²) in [6.45, 7) is 3.84. The predicted octanol–water partition coefficient (Wildman–Crippen LogP) is 1.35. The quantitative estimate of drug-likeness (QED) is 0.789. The van der Waals surface area contributed by atoms with Gasteiger partial charge in [0.25, 0.3) is 0 Å². The molecule has 0 spiro atoms. The molecule has 0 atom stereocenters. The molecule has 0 radical (unpaired) electrons. The summed E-state index contributed by atoms with van der Waals surface area (Å²) in [6.07, 6.45) is 5.86. The van der Waals surface area contributed by atoms with E-state index in [0.29, 0.717) is 0 Å². The fraction of sp³-hybridized carbons (Fsp3) is 0.364. The first kappa shape index (κ1) is 9.98. The van der Waals surface area contributed by atoms with E-state index in [1.165, 1.54) is 16.8 Å². The molecule has 4 heteroatoms. The van der Waals surface area contributed by atoms with Gasteiger partial charge in [0.1, 0.15) is 0 Å². The van der Waals surface area contributed by atoms with Gasteiger partial charge >= 0.3 is 0 Å². The van der Waals surface area contributed by atoms with Gasteiger partial charge in [0.15, 0.2) is 0 Å². The summed E-state index contributed by atoms with van der Waals surface area (Å²) < 4.78 is 1.90. The molecular formula is C11H16N4. The van der Waals surface area contributed by atoms with Crippen LogP contribution in [-0.2, 0) is 20.1 Å². The van der Waals surface area contributed by atoms with Crippen LogP contribution in [0, 0.1) is 6.92 Å². The molecular weight excluding hydrogens is 188 g/mol. The standard InChI is InChI=1S/C11H16N4/c1-9-11(8-14-15(9)2)7-13-6-10-3-4-12-5-10/h3-5,8,12-13H,6-7H2,1-2H3. The molecule has 2 aromatic rings. The topological polar surface area (TPSA) is 45.6 Å². The van der Waals surface area contributed by atoms with Crippen molar-refractivity contribution in [3.8, 4) is 0 Å². The van der Waals surface area contributed by atoms with E-state index in [0.717, 1.165) is 13.1 Å². The highest BCUT2D eigenvalue weighted by atomic mass is 15.3. The zero-order chi connectivity index (χ0) is 10.7. The lowest BCUT2D eigenvalue weighted by molar-refractivity contribution is 0.685. The van der Waals surface area contributed by atoms with Gasteiger partial charge in [-0.25, -0.2) is 0 Å². The average molecular weight is 204 g/mol. The summed E-state index contributed by atoms with van der Waals surface area (Å²) in [5, 5.41) is 7.59. The van der Waals surface area contributed by atoms with Gasteiger partial charge in [0.05, 0.1) is 6.20 Å². The van der Waals surface area contributed by atoms with Crippen LogP contribution in [0.3, 0.4) is 0 Å². The Balaban J connectivity index is 1.86. The minimum atomic E-state index is 0.866. The third kappa shape index (κ3) is 2.27. The maximum atomic E-state index is 4.20. The molecule has 0 fully saturated rings. The fourth-order valence-corrected chi connectivity index (χ4v) is 1.53. The minimum absolute atomic E-state index is 0.866. The lowest BCUT2D eigenvalue weighted by Gasteiger charge is -2.02. The van der Waals surface area contributed by atoms with Crippen LogP contribution >= 0.6 is 0 Å². The van der Waals surface area contributed by atoms with Gasteiger partial charge in [-0.15, -0.1) is 0 Å². The second kappa shape index (κ2) is 4.31. The SMILES string of the molecule is Cc1c(CNCc2cc[nH]c2)cnn1C. The Labute approximate surface area is 89.3 Å². The van der Waals surface area contributed by atoms with Crippen molar-refractivity contribution in [1.29, 1.82) is 0 Å². The highest BCUT2D eigenvalue weighted by Crippen LogP contribution is 2.05. The van der Waals surface area contributed by atoms with Crippen LogP contribution in [0.1, 0.15) is 16.8 Å². The van der Waals surface area contributed by atoms with E-state index in [-0.39, 0.29) is 0 Å². The second-order valence-electron chi connectivity index (χ2n) is 3.70. The lowest BCUT2D eigenvalue weighted by atomic mass is 10.2. The van der Waals surface area contributed by atoms with Crippen LogP contribution in [0.5, 0.6) is 0 Å². The normalized spacial score (nSPS) is 10.8. The number of hydrogen-bond acceptors (Lipinski definition) is 2. The van der Waals surface area contributed by atoms with E-state index in [4.69, 9.17) is 0 Å². The van der Waals surface area contributed by atoms with Crippen LogP contribution in [-0.4, -0.2) is 14.8 Å². The Morgan fingerprint density at radius 1 is 1.47 bits per heavy atom. The zero-order valence-corrected chi connectivity index (χ0v) is 9.12. The van der Waals surface area contributed by atoms with Crippen molar-refractivity contribution in [2.75, 3.05) is 0 Å². The molecule has 80 valence electrons. The number of aromatic nitrogens is 3. The molecule has 0 aliphatic carbocycles. The van der Waals surface area contributed by atoms with E-state index in [1.807, 2.05) is 30.3 Å². The maximum absolute atomic E-state index is 4.20. The van der Waals surface area contributed by atoms with Crippen molar-refractivity contribution in [2.45, 2.75) is 20.0 Å². The second-order valence-corrected chi connectivity index (χ2v) is 3.70. The van der Waals surface area contributed by atoms with Crippen molar-refractivity contribution in [3.63, 3.8) is 0 Å². The predicted molar refractivity (Wildman–Crippen MR) is 59.3 cm³/mol. The average Bonchev–Trinajstić information content (AvgIpc) is 2.83. The third-order valence-corrected chi connectivity index (χ3v) is 2.64. The lowest BCUT2D eigenvalue weighted by Crippen LogP contribution is -2.12.